The van der Waals surface area contributed by atoms with Crippen molar-refractivity contribution < 1.29 is 9.50 Å². The molecule has 1 rings (SSSR count). The van der Waals surface area contributed by atoms with Gasteiger partial charge in [-0.2, -0.15) is 0 Å². The summed E-state index contributed by atoms with van der Waals surface area (Å²) in [6.45, 7) is 7.65. The SMILES string of the molecule is CCCCN(CCCC)c1c(F)cccc1C(C)O. The minimum Gasteiger partial charge on any atom is -0.389 e. The second kappa shape index (κ2) is 8.16. The Labute approximate surface area is 116 Å². The van der Waals surface area contributed by atoms with Crippen molar-refractivity contribution in [2.75, 3.05) is 18.0 Å². The minimum absolute atomic E-state index is 0.231. The number of aliphatic hydroxyl groups excluding tert-OH is 1. The predicted octanol–water partition coefficient (Wildman–Crippen LogP) is 4.29. The first-order chi connectivity index (χ1) is 9.11. The zero-order valence-electron chi connectivity index (χ0n) is 12.3. The molecule has 0 heterocycles. The van der Waals surface area contributed by atoms with Gasteiger partial charge in [-0.05, 0) is 25.8 Å². The Morgan fingerprint density at radius 1 is 1.16 bits per heavy atom. The number of para-hydroxylation sites is 1. The van der Waals surface area contributed by atoms with E-state index in [-0.39, 0.29) is 5.82 Å². The van der Waals surface area contributed by atoms with Crippen molar-refractivity contribution in [1.82, 2.24) is 0 Å². The van der Waals surface area contributed by atoms with E-state index in [1.165, 1.54) is 6.07 Å². The highest BCUT2D eigenvalue weighted by Gasteiger charge is 2.18. The first-order valence-electron chi connectivity index (χ1n) is 7.33. The van der Waals surface area contributed by atoms with E-state index in [1.54, 1.807) is 13.0 Å². The standard InChI is InChI=1S/C16H26FNO/c1-4-6-11-18(12-7-5-2)16-14(13(3)19)9-8-10-15(16)17/h8-10,13,19H,4-7,11-12H2,1-3H3. The van der Waals surface area contributed by atoms with Gasteiger partial charge in [-0.15, -0.1) is 0 Å². The molecular weight excluding hydrogens is 241 g/mol. The predicted molar refractivity (Wildman–Crippen MR) is 79.1 cm³/mol. The van der Waals surface area contributed by atoms with E-state index in [2.05, 4.69) is 18.7 Å². The minimum atomic E-state index is -0.642. The summed E-state index contributed by atoms with van der Waals surface area (Å²) < 4.78 is 14.2. The molecule has 0 aliphatic carbocycles. The molecule has 0 radical (unpaired) electrons. The zero-order chi connectivity index (χ0) is 14.3. The van der Waals surface area contributed by atoms with Crippen molar-refractivity contribution in [2.45, 2.75) is 52.6 Å². The van der Waals surface area contributed by atoms with Gasteiger partial charge in [0.1, 0.15) is 5.82 Å². The van der Waals surface area contributed by atoms with Crippen LogP contribution in [0.25, 0.3) is 0 Å². The lowest BCUT2D eigenvalue weighted by Crippen LogP contribution is -2.28. The molecule has 1 atom stereocenters. The highest BCUT2D eigenvalue weighted by Crippen LogP contribution is 2.30. The molecule has 0 aromatic heterocycles. The van der Waals surface area contributed by atoms with Crippen LogP contribution >= 0.6 is 0 Å². The van der Waals surface area contributed by atoms with Crippen molar-refractivity contribution in [3.05, 3.63) is 29.6 Å². The lowest BCUT2D eigenvalue weighted by atomic mass is 10.1. The van der Waals surface area contributed by atoms with Gasteiger partial charge in [0.2, 0.25) is 0 Å². The Morgan fingerprint density at radius 3 is 2.21 bits per heavy atom. The molecule has 0 fully saturated rings. The summed E-state index contributed by atoms with van der Waals surface area (Å²) in [7, 11) is 0. The van der Waals surface area contributed by atoms with Gasteiger partial charge in [0.15, 0.2) is 0 Å². The number of aliphatic hydroxyl groups is 1. The van der Waals surface area contributed by atoms with Gasteiger partial charge in [-0.1, -0.05) is 38.8 Å². The van der Waals surface area contributed by atoms with E-state index < -0.39 is 6.10 Å². The number of nitrogens with zero attached hydrogens (tertiary/aromatic N) is 1. The molecule has 2 nitrogen and oxygen atoms in total. The second-order valence-electron chi connectivity index (χ2n) is 5.05. The molecule has 3 heteroatoms. The van der Waals surface area contributed by atoms with Crippen LogP contribution in [0.1, 0.15) is 58.1 Å². The van der Waals surface area contributed by atoms with Gasteiger partial charge in [0.05, 0.1) is 11.8 Å². The zero-order valence-corrected chi connectivity index (χ0v) is 12.3. The summed E-state index contributed by atoms with van der Waals surface area (Å²) in [5.41, 5.74) is 1.27. The van der Waals surface area contributed by atoms with E-state index in [0.29, 0.717) is 11.3 Å². The molecule has 0 spiro atoms. The van der Waals surface area contributed by atoms with Crippen LogP contribution in [0, 0.1) is 5.82 Å². The summed E-state index contributed by atoms with van der Waals surface area (Å²) >= 11 is 0. The fraction of sp³-hybridized carbons (Fsp3) is 0.625. The van der Waals surface area contributed by atoms with Crippen molar-refractivity contribution in [3.63, 3.8) is 0 Å². The molecule has 1 aromatic carbocycles. The normalized spacial score (nSPS) is 12.5. The molecular formula is C16H26FNO. The van der Waals surface area contributed by atoms with Crippen molar-refractivity contribution >= 4 is 5.69 Å². The number of rotatable bonds is 8. The van der Waals surface area contributed by atoms with Crippen LogP contribution in [0.2, 0.25) is 0 Å². The van der Waals surface area contributed by atoms with Gasteiger partial charge in [-0.3, -0.25) is 0 Å². The van der Waals surface area contributed by atoms with Crippen molar-refractivity contribution in [2.24, 2.45) is 0 Å². The van der Waals surface area contributed by atoms with E-state index in [4.69, 9.17) is 0 Å². The van der Waals surface area contributed by atoms with Gasteiger partial charge < -0.3 is 10.0 Å². The largest absolute Gasteiger partial charge is 0.389 e. The topological polar surface area (TPSA) is 23.5 Å². The van der Waals surface area contributed by atoms with Crippen molar-refractivity contribution in [1.29, 1.82) is 0 Å². The van der Waals surface area contributed by atoms with Crippen LogP contribution in [-0.4, -0.2) is 18.2 Å². The maximum absolute atomic E-state index is 14.2. The molecule has 0 amide bonds. The number of anilines is 1. The lowest BCUT2D eigenvalue weighted by Gasteiger charge is -2.28. The summed E-state index contributed by atoms with van der Waals surface area (Å²) in [5.74, 6) is -0.231. The monoisotopic (exact) mass is 267 g/mol. The first kappa shape index (κ1) is 16.0. The van der Waals surface area contributed by atoms with Crippen LogP contribution < -0.4 is 4.90 Å². The van der Waals surface area contributed by atoms with Crippen molar-refractivity contribution in [3.8, 4) is 0 Å². The summed E-state index contributed by atoms with van der Waals surface area (Å²) in [5, 5.41) is 9.84. The highest BCUT2D eigenvalue weighted by atomic mass is 19.1. The Bertz CT molecular complexity index is 371. The molecule has 0 aliphatic heterocycles. The summed E-state index contributed by atoms with van der Waals surface area (Å²) in [6, 6.07) is 4.96. The number of benzene rings is 1. The second-order valence-corrected chi connectivity index (χ2v) is 5.05. The number of halogens is 1. The highest BCUT2D eigenvalue weighted by molar-refractivity contribution is 5.55. The fourth-order valence-electron chi connectivity index (χ4n) is 2.24. The average Bonchev–Trinajstić information content (AvgIpc) is 2.39. The number of hydrogen-bond acceptors (Lipinski definition) is 2. The van der Waals surface area contributed by atoms with Gasteiger partial charge in [0, 0.05) is 18.7 Å². The van der Waals surface area contributed by atoms with Crippen LogP contribution in [0.4, 0.5) is 10.1 Å². The average molecular weight is 267 g/mol. The molecule has 1 unspecified atom stereocenters. The number of hydrogen-bond donors (Lipinski definition) is 1. The van der Waals surface area contributed by atoms with E-state index in [1.807, 2.05) is 6.07 Å². The van der Waals surface area contributed by atoms with E-state index >= 15 is 0 Å². The molecule has 0 saturated carbocycles. The van der Waals surface area contributed by atoms with Crippen LogP contribution in [-0.2, 0) is 0 Å². The first-order valence-corrected chi connectivity index (χ1v) is 7.33. The molecule has 0 aliphatic rings. The molecule has 1 N–H and O–H groups in total. The van der Waals surface area contributed by atoms with Crippen LogP contribution in [0.5, 0.6) is 0 Å². The Morgan fingerprint density at radius 2 is 1.74 bits per heavy atom. The van der Waals surface area contributed by atoms with Crippen LogP contribution in [0.15, 0.2) is 18.2 Å². The fourth-order valence-corrected chi connectivity index (χ4v) is 2.24. The molecule has 108 valence electrons. The molecule has 19 heavy (non-hydrogen) atoms. The third kappa shape index (κ3) is 4.50. The quantitative estimate of drug-likeness (QED) is 0.759. The third-order valence-corrected chi connectivity index (χ3v) is 3.35. The van der Waals surface area contributed by atoms with E-state index in [0.717, 1.165) is 38.8 Å². The molecule has 0 saturated heterocycles. The van der Waals surface area contributed by atoms with E-state index in [9.17, 15) is 9.50 Å². The Kier molecular flexibility index (Phi) is 6.85. The lowest BCUT2D eigenvalue weighted by molar-refractivity contribution is 0.199. The Balaban J connectivity index is 3.04. The summed E-state index contributed by atoms with van der Waals surface area (Å²) in [6.07, 6.45) is 3.60. The van der Waals surface area contributed by atoms with Crippen LogP contribution in [0.3, 0.4) is 0 Å². The maximum Gasteiger partial charge on any atom is 0.146 e. The number of unbranched alkanes of at least 4 members (excludes halogenated alkanes) is 2. The van der Waals surface area contributed by atoms with Gasteiger partial charge in [0.25, 0.3) is 0 Å². The molecule has 1 aromatic rings. The van der Waals surface area contributed by atoms with Gasteiger partial charge >= 0.3 is 0 Å². The molecule has 0 bridgehead atoms. The smallest absolute Gasteiger partial charge is 0.146 e. The third-order valence-electron chi connectivity index (χ3n) is 3.35. The Hall–Kier alpha value is -1.09. The summed E-state index contributed by atoms with van der Waals surface area (Å²) in [4.78, 5) is 2.09. The maximum atomic E-state index is 14.2. The van der Waals surface area contributed by atoms with Gasteiger partial charge in [-0.25, -0.2) is 4.39 Å².